The minimum Gasteiger partial charge on any atom is -0.467 e. The number of hydrogen-bond acceptors (Lipinski definition) is 3. The van der Waals surface area contributed by atoms with Gasteiger partial charge in [-0.05, 0) is 31.5 Å². The molecule has 0 spiro atoms. The molecule has 96 valence electrons. The largest absolute Gasteiger partial charge is 0.467 e. The van der Waals surface area contributed by atoms with Gasteiger partial charge in [-0.25, -0.2) is 0 Å². The predicted octanol–water partition coefficient (Wildman–Crippen LogP) is 1.66. The van der Waals surface area contributed by atoms with Crippen molar-refractivity contribution in [3.63, 3.8) is 0 Å². The summed E-state index contributed by atoms with van der Waals surface area (Å²) in [6.07, 6.45) is 3.72. The maximum atomic E-state index is 12.1. The second-order valence-electron chi connectivity index (χ2n) is 4.32. The molecule has 1 atom stereocenters. The number of carbonyl (C=O) groups excluding carboxylic acids is 1. The van der Waals surface area contributed by atoms with Crippen LogP contribution in [0.5, 0.6) is 0 Å². The minimum absolute atomic E-state index is 0. The zero-order chi connectivity index (χ0) is 11.4. The quantitative estimate of drug-likeness (QED) is 0.897. The van der Waals surface area contributed by atoms with E-state index in [2.05, 4.69) is 5.32 Å². The summed E-state index contributed by atoms with van der Waals surface area (Å²) in [7, 11) is 1.83. The van der Waals surface area contributed by atoms with Crippen LogP contribution < -0.4 is 5.32 Å². The molecule has 1 N–H and O–H groups in total. The Hall–Kier alpha value is -1.00. The van der Waals surface area contributed by atoms with E-state index < -0.39 is 0 Å². The van der Waals surface area contributed by atoms with Gasteiger partial charge in [-0.1, -0.05) is 0 Å². The third-order valence-electron chi connectivity index (χ3n) is 3.00. The van der Waals surface area contributed by atoms with Gasteiger partial charge in [0.05, 0.1) is 18.7 Å². The molecule has 0 saturated carbocycles. The zero-order valence-electron chi connectivity index (χ0n) is 10.0. The normalized spacial score (nSPS) is 19.5. The lowest BCUT2D eigenvalue weighted by Gasteiger charge is -2.26. The summed E-state index contributed by atoms with van der Waals surface area (Å²) < 4.78 is 5.23. The molecular weight excluding hydrogens is 240 g/mol. The first kappa shape index (κ1) is 14.1. The molecule has 1 fully saturated rings. The number of nitrogens with zero attached hydrogens (tertiary/aromatic N) is 1. The van der Waals surface area contributed by atoms with Crippen LogP contribution in [0.15, 0.2) is 22.8 Å². The minimum atomic E-state index is 0. The highest BCUT2D eigenvalue weighted by Gasteiger charge is 2.24. The Morgan fingerprint density at radius 3 is 3.06 bits per heavy atom. The lowest BCUT2D eigenvalue weighted by molar-refractivity contribution is -0.135. The fraction of sp³-hybridized carbons (Fsp3) is 0.583. The highest BCUT2D eigenvalue weighted by atomic mass is 35.5. The van der Waals surface area contributed by atoms with Crippen LogP contribution in [0, 0.1) is 5.92 Å². The van der Waals surface area contributed by atoms with E-state index in [4.69, 9.17) is 4.42 Å². The molecular formula is C12H19ClN2O2. The van der Waals surface area contributed by atoms with Crippen molar-refractivity contribution in [2.75, 3.05) is 20.1 Å². The van der Waals surface area contributed by atoms with Crippen LogP contribution in [0.2, 0.25) is 0 Å². The van der Waals surface area contributed by atoms with Crippen LogP contribution in [-0.2, 0) is 11.3 Å². The molecule has 2 rings (SSSR count). The Kier molecular flexibility index (Phi) is 5.51. The predicted molar refractivity (Wildman–Crippen MR) is 68.0 cm³/mol. The Morgan fingerprint density at radius 1 is 1.65 bits per heavy atom. The molecule has 17 heavy (non-hydrogen) atoms. The molecule has 1 aliphatic rings. The molecule has 0 bridgehead atoms. The van der Waals surface area contributed by atoms with Gasteiger partial charge in [-0.3, -0.25) is 4.79 Å². The standard InChI is InChI=1S/C12H18N2O2.ClH/c1-14(9-11-5-3-7-16-11)12(15)10-4-2-6-13-8-10;/h3,5,7,10,13H,2,4,6,8-9H2,1H3;1H. The zero-order valence-corrected chi connectivity index (χ0v) is 10.8. The third kappa shape index (κ3) is 3.75. The van der Waals surface area contributed by atoms with E-state index in [1.54, 1.807) is 11.2 Å². The number of rotatable bonds is 3. The fourth-order valence-corrected chi connectivity index (χ4v) is 2.09. The number of halogens is 1. The van der Waals surface area contributed by atoms with E-state index in [9.17, 15) is 4.79 Å². The highest BCUT2D eigenvalue weighted by molar-refractivity contribution is 5.85. The van der Waals surface area contributed by atoms with Crippen molar-refractivity contribution in [1.29, 1.82) is 0 Å². The van der Waals surface area contributed by atoms with Gasteiger partial charge in [-0.15, -0.1) is 12.4 Å². The molecule has 0 aliphatic carbocycles. The average Bonchev–Trinajstić information content (AvgIpc) is 2.82. The van der Waals surface area contributed by atoms with Gasteiger partial charge in [0.15, 0.2) is 0 Å². The number of piperidine rings is 1. The summed E-state index contributed by atoms with van der Waals surface area (Å²) in [6.45, 7) is 2.40. The molecule has 1 aliphatic heterocycles. The fourth-order valence-electron chi connectivity index (χ4n) is 2.09. The molecule has 0 aromatic carbocycles. The van der Waals surface area contributed by atoms with Gasteiger partial charge in [0.2, 0.25) is 5.91 Å². The van der Waals surface area contributed by atoms with Crippen molar-refractivity contribution >= 4 is 18.3 Å². The number of furan rings is 1. The van der Waals surface area contributed by atoms with Crippen LogP contribution in [0.25, 0.3) is 0 Å². The van der Waals surface area contributed by atoms with Gasteiger partial charge in [-0.2, -0.15) is 0 Å². The van der Waals surface area contributed by atoms with Crippen LogP contribution in [0.1, 0.15) is 18.6 Å². The molecule has 1 aromatic heterocycles. The van der Waals surface area contributed by atoms with Crippen LogP contribution in [-0.4, -0.2) is 30.9 Å². The van der Waals surface area contributed by atoms with E-state index in [0.717, 1.165) is 31.7 Å². The second-order valence-corrected chi connectivity index (χ2v) is 4.32. The number of hydrogen-bond donors (Lipinski definition) is 1. The first-order chi connectivity index (χ1) is 7.77. The monoisotopic (exact) mass is 258 g/mol. The van der Waals surface area contributed by atoms with Gasteiger partial charge in [0, 0.05) is 13.6 Å². The third-order valence-corrected chi connectivity index (χ3v) is 3.00. The lowest BCUT2D eigenvalue weighted by atomic mass is 9.98. The summed E-state index contributed by atoms with van der Waals surface area (Å²) in [4.78, 5) is 13.8. The van der Waals surface area contributed by atoms with Crippen molar-refractivity contribution in [2.24, 2.45) is 5.92 Å². The van der Waals surface area contributed by atoms with Gasteiger partial charge in [0.25, 0.3) is 0 Å². The summed E-state index contributed by atoms with van der Waals surface area (Å²) in [6, 6.07) is 3.73. The van der Waals surface area contributed by atoms with Gasteiger partial charge >= 0.3 is 0 Å². The van der Waals surface area contributed by atoms with Crippen molar-refractivity contribution in [3.05, 3.63) is 24.2 Å². The van der Waals surface area contributed by atoms with Crippen molar-refractivity contribution in [2.45, 2.75) is 19.4 Å². The van der Waals surface area contributed by atoms with E-state index in [-0.39, 0.29) is 24.2 Å². The first-order valence-corrected chi connectivity index (χ1v) is 5.75. The number of nitrogens with one attached hydrogen (secondary N) is 1. The molecule has 1 aromatic rings. The van der Waals surface area contributed by atoms with E-state index in [1.165, 1.54) is 0 Å². The highest BCUT2D eigenvalue weighted by Crippen LogP contribution is 2.14. The number of carbonyl (C=O) groups is 1. The summed E-state index contributed by atoms with van der Waals surface area (Å²) in [5, 5.41) is 3.26. The summed E-state index contributed by atoms with van der Waals surface area (Å²) in [5.74, 6) is 1.18. The van der Waals surface area contributed by atoms with E-state index in [1.807, 2.05) is 19.2 Å². The van der Waals surface area contributed by atoms with Crippen molar-refractivity contribution in [1.82, 2.24) is 10.2 Å². The second kappa shape index (κ2) is 6.67. The van der Waals surface area contributed by atoms with Crippen LogP contribution in [0.4, 0.5) is 0 Å². The molecule has 1 unspecified atom stereocenters. The Bertz CT molecular complexity index is 334. The number of amides is 1. The van der Waals surface area contributed by atoms with Gasteiger partial charge in [0.1, 0.15) is 5.76 Å². The molecule has 4 nitrogen and oxygen atoms in total. The Labute approximate surface area is 108 Å². The van der Waals surface area contributed by atoms with Crippen LogP contribution >= 0.6 is 12.4 Å². The molecule has 1 amide bonds. The summed E-state index contributed by atoms with van der Waals surface area (Å²) in [5.41, 5.74) is 0. The van der Waals surface area contributed by atoms with E-state index >= 15 is 0 Å². The molecule has 0 radical (unpaired) electrons. The Morgan fingerprint density at radius 2 is 2.47 bits per heavy atom. The van der Waals surface area contributed by atoms with E-state index in [0.29, 0.717) is 6.54 Å². The maximum Gasteiger partial charge on any atom is 0.227 e. The average molecular weight is 259 g/mol. The molecule has 1 saturated heterocycles. The SMILES string of the molecule is CN(Cc1ccco1)C(=O)C1CCCNC1.Cl. The lowest BCUT2D eigenvalue weighted by Crippen LogP contribution is -2.41. The Balaban J connectivity index is 0.00000144. The molecule has 5 heteroatoms. The maximum absolute atomic E-state index is 12.1. The van der Waals surface area contributed by atoms with Crippen molar-refractivity contribution in [3.8, 4) is 0 Å². The first-order valence-electron chi connectivity index (χ1n) is 5.75. The summed E-state index contributed by atoms with van der Waals surface area (Å²) >= 11 is 0. The molecule has 2 heterocycles. The smallest absolute Gasteiger partial charge is 0.227 e. The van der Waals surface area contributed by atoms with Gasteiger partial charge < -0.3 is 14.6 Å². The van der Waals surface area contributed by atoms with Crippen LogP contribution in [0.3, 0.4) is 0 Å². The van der Waals surface area contributed by atoms with Crippen molar-refractivity contribution < 1.29 is 9.21 Å². The topological polar surface area (TPSA) is 45.5 Å².